The number of ether oxygens (including phenoxy) is 2. The van der Waals surface area contributed by atoms with Crippen LogP contribution in [0.3, 0.4) is 0 Å². The number of aliphatic hydroxyl groups excluding tert-OH is 1. The minimum atomic E-state index is -1.30. The van der Waals surface area contributed by atoms with Gasteiger partial charge in [0.25, 0.3) is 5.91 Å². The number of amides is 3. The lowest BCUT2D eigenvalue weighted by molar-refractivity contribution is -0.140. The lowest BCUT2D eigenvalue weighted by Crippen LogP contribution is -2.55. The molecule has 7 rings (SSSR count). The van der Waals surface area contributed by atoms with Gasteiger partial charge in [0, 0.05) is 37.6 Å². The minimum Gasteiger partial charge on any atom is -0.494 e. The number of fused-ring (bicyclic) bond motifs is 3. The number of carbonyl (C=O) groups excluding carboxylic acids is 3. The second-order valence-electron chi connectivity index (χ2n) is 12.3. The van der Waals surface area contributed by atoms with Crippen LogP contribution >= 0.6 is 0 Å². The predicted octanol–water partition coefficient (Wildman–Crippen LogP) is 4.49. The second kappa shape index (κ2) is 12.4. The van der Waals surface area contributed by atoms with Crippen LogP contribution in [0.15, 0.2) is 91.0 Å². The van der Waals surface area contributed by atoms with Crippen LogP contribution < -0.4 is 14.5 Å². The van der Waals surface area contributed by atoms with Crippen LogP contribution in [-0.2, 0) is 19.1 Å². The van der Waals surface area contributed by atoms with Gasteiger partial charge in [-0.3, -0.25) is 14.4 Å². The standard InChI is InChI=1S/C37H39N3O6/c1-2-45-29-17-15-27(16-18-29)38-21-8-12-30-31(34(38)42)32-35(43)40(20-6-3-7-23-41)33-36(44)39(22-9-19-37(32,33)46-30)28-14-13-25-10-4-5-11-26(25)24-28/h4-5,8-19,24,30-33,41H,2-3,6-7,20-23H2,1H3/t30-,31+,32-,33?,37-/m0/s1. The number of hydrogen-bond donors (Lipinski definition) is 1. The first-order valence-corrected chi connectivity index (χ1v) is 16.2. The summed E-state index contributed by atoms with van der Waals surface area (Å²) in [5.41, 5.74) is 0.150. The number of hydrogen-bond acceptors (Lipinski definition) is 6. The van der Waals surface area contributed by atoms with E-state index >= 15 is 0 Å². The molecule has 2 saturated heterocycles. The second-order valence-corrected chi connectivity index (χ2v) is 12.3. The molecule has 0 aromatic heterocycles. The molecule has 1 N–H and O–H groups in total. The first-order valence-electron chi connectivity index (χ1n) is 16.2. The molecule has 1 unspecified atom stereocenters. The Bertz CT molecular complexity index is 1700. The maximum Gasteiger partial charge on any atom is 0.253 e. The normalized spacial score (nSPS) is 27.1. The number of rotatable bonds is 9. The van der Waals surface area contributed by atoms with Crippen LogP contribution in [0.1, 0.15) is 26.2 Å². The quantitative estimate of drug-likeness (QED) is 0.279. The SMILES string of the molecule is CCOc1ccc(N2CC=C[C@@H]3O[C@]45C=CCN(c6ccc7ccccc7c6)C(=O)C4N(CCCCCO)C(=O)[C@@H]5[C@@H]3C2=O)cc1. The summed E-state index contributed by atoms with van der Waals surface area (Å²) in [6, 6.07) is 20.4. The summed E-state index contributed by atoms with van der Waals surface area (Å²) in [5, 5.41) is 11.5. The van der Waals surface area contributed by atoms with E-state index in [-0.39, 0.29) is 24.3 Å². The number of aliphatic hydroxyl groups is 1. The van der Waals surface area contributed by atoms with Crippen molar-refractivity contribution in [3.8, 4) is 5.75 Å². The lowest BCUT2D eigenvalue weighted by atomic mass is 9.77. The van der Waals surface area contributed by atoms with Crippen molar-refractivity contribution in [3.63, 3.8) is 0 Å². The van der Waals surface area contributed by atoms with E-state index in [9.17, 15) is 19.5 Å². The predicted molar refractivity (Wildman–Crippen MR) is 176 cm³/mol. The summed E-state index contributed by atoms with van der Waals surface area (Å²) in [6.45, 7) is 3.52. The largest absolute Gasteiger partial charge is 0.494 e. The maximum atomic E-state index is 14.7. The first kappa shape index (κ1) is 30.2. The zero-order valence-corrected chi connectivity index (χ0v) is 26.0. The third kappa shape index (κ3) is 4.98. The summed E-state index contributed by atoms with van der Waals surface area (Å²) >= 11 is 0. The maximum absolute atomic E-state index is 14.7. The Morgan fingerprint density at radius 3 is 2.37 bits per heavy atom. The zero-order chi connectivity index (χ0) is 31.8. The fourth-order valence-corrected chi connectivity index (χ4v) is 7.64. The fourth-order valence-electron chi connectivity index (χ4n) is 7.64. The third-order valence-corrected chi connectivity index (χ3v) is 9.72. The smallest absolute Gasteiger partial charge is 0.253 e. The Morgan fingerprint density at radius 1 is 0.848 bits per heavy atom. The molecule has 9 heteroatoms. The van der Waals surface area contributed by atoms with Gasteiger partial charge in [0.05, 0.1) is 24.5 Å². The first-order chi connectivity index (χ1) is 22.5. The van der Waals surface area contributed by atoms with E-state index in [1.807, 2.05) is 98.0 Å². The molecule has 4 heterocycles. The van der Waals surface area contributed by atoms with Gasteiger partial charge in [0.2, 0.25) is 11.8 Å². The number of carbonyl (C=O) groups is 3. The molecule has 4 aliphatic heterocycles. The topological polar surface area (TPSA) is 99.6 Å². The molecule has 0 radical (unpaired) electrons. The minimum absolute atomic E-state index is 0.0659. The molecule has 9 nitrogen and oxygen atoms in total. The van der Waals surface area contributed by atoms with Crippen molar-refractivity contribution in [2.45, 2.75) is 43.9 Å². The molecule has 238 valence electrons. The molecule has 4 aliphatic rings. The van der Waals surface area contributed by atoms with Crippen molar-refractivity contribution < 1.29 is 29.0 Å². The van der Waals surface area contributed by atoms with E-state index in [1.54, 1.807) is 14.7 Å². The van der Waals surface area contributed by atoms with Crippen LogP contribution in [0, 0.1) is 11.8 Å². The van der Waals surface area contributed by atoms with Crippen LogP contribution in [0.2, 0.25) is 0 Å². The molecule has 0 bridgehead atoms. The van der Waals surface area contributed by atoms with E-state index in [0.29, 0.717) is 56.9 Å². The monoisotopic (exact) mass is 621 g/mol. The molecule has 3 aromatic rings. The van der Waals surface area contributed by atoms with Gasteiger partial charge >= 0.3 is 0 Å². The zero-order valence-electron chi connectivity index (χ0n) is 26.0. The van der Waals surface area contributed by atoms with Crippen molar-refractivity contribution in [3.05, 3.63) is 91.0 Å². The summed E-state index contributed by atoms with van der Waals surface area (Å²) in [6.07, 6.45) is 8.87. The Morgan fingerprint density at radius 2 is 1.59 bits per heavy atom. The number of nitrogens with zero attached hydrogens (tertiary/aromatic N) is 3. The average molecular weight is 622 g/mol. The Balaban J connectivity index is 1.26. The Labute approximate surface area is 268 Å². The van der Waals surface area contributed by atoms with E-state index < -0.39 is 29.6 Å². The van der Waals surface area contributed by atoms with Crippen molar-refractivity contribution >= 4 is 39.9 Å². The van der Waals surface area contributed by atoms with E-state index in [4.69, 9.17) is 9.47 Å². The molecule has 46 heavy (non-hydrogen) atoms. The van der Waals surface area contributed by atoms with Gasteiger partial charge in [-0.2, -0.15) is 0 Å². The van der Waals surface area contributed by atoms with Gasteiger partial charge in [-0.25, -0.2) is 0 Å². The van der Waals surface area contributed by atoms with Crippen LogP contribution in [0.5, 0.6) is 5.75 Å². The van der Waals surface area contributed by atoms with Gasteiger partial charge in [-0.15, -0.1) is 0 Å². The summed E-state index contributed by atoms with van der Waals surface area (Å²) < 4.78 is 12.4. The van der Waals surface area contributed by atoms with Crippen molar-refractivity contribution in [2.75, 3.05) is 42.6 Å². The highest BCUT2D eigenvalue weighted by molar-refractivity contribution is 6.08. The molecular formula is C37H39N3O6. The third-order valence-electron chi connectivity index (χ3n) is 9.72. The highest BCUT2D eigenvalue weighted by Crippen LogP contribution is 2.54. The molecule has 3 aromatic carbocycles. The number of likely N-dealkylation sites (tertiary alicyclic amines) is 1. The van der Waals surface area contributed by atoms with Gasteiger partial charge in [-0.1, -0.05) is 54.6 Å². The van der Waals surface area contributed by atoms with E-state index in [0.717, 1.165) is 16.5 Å². The molecule has 1 spiro atoms. The molecular weight excluding hydrogens is 582 g/mol. The van der Waals surface area contributed by atoms with E-state index in [1.165, 1.54) is 0 Å². The molecule has 5 atom stereocenters. The molecule has 2 fully saturated rings. The average Bonchev–Trinajstić information content (AvgIpc) is 3.38. The van der Waals surface area contributed by atoms with Gasteiger partial charge < -0.3 is 29.3 Å². The lowest BCUT2D eigenvalue weighted by Gasteiger charge is -2.35. The van der Waals surface area contributed by atoms with Crippen molar-refractivity contribution in [2.24, 2.45) is 11.8 Å². The highest BCUT2D eigenvalue weighted by Gasteiger charge is 2.71. The molecule has 0 saturated carbocycles. The highest BCUT2D eigenvalue weighted by atomic mass is 16.5. The number of anilines is 2. The van der Waals surface area contributed by atoms with Crippen LogP contribution in [0.25, 0.3) is 10.8 Å². The van der Waals surface area contributed by atoms with E-state index in [2.05, 4.69) is 0 Å². The van der Waals surface area contributed by atoms with Gasteiger partial charge in [0.1, 0.15) is 17.4 Å². The van der Waals surface area contributed by atoms with Crippen LogP contribution in [0.4, 0.5) is 11.4 Å². The summed E-state index contributed by atoms with van der Waals surface area (Å²) in [5.74, 6) is -1.62. The van der Waals surface area contributed by atoms with Gasteiger partial charge in [0.15, 0.2) is 0 Å². The molecule has 3 amide bonds. The number of unbranched alkanes of at least 4 members (excludes halogenated alkanes) is 2. The van der Waals surface area contributed by atoms with Gasteiger partial charge in [-0.05, 0) is 73.4 Å². The van der Waals surface area contributed by atoms with Crippen molar-refractivity contribution in [1.29, 1.82) is 0 Å². The number of benzene rings is 3. The molecule has 0 aliphatic carbocycles. The van der Waals surface area contributed by atoms with Crippen molar-refractivity contribution in [1.82, 2.24) is 4.90 Å². The van der Waals surface area contributed by atoms with Crippen LogP contribution in [-0.4, -0.2) is 78.3 Å². The fraction of sp³-hybridized carbons (Fsp3) is 0.378. The summed E-state index contributed by atoms with van der Waals surface area (Å²) in [4.78, 5) is 48.8. The Kier molecular flexibility index (Phi) is 8.13. The summed E-state index contributed by atoms with van der Waals surface area (Å²) in [7, 11) is 0. The Hall–Kier alpha value is -4.47.